The Balaban J connectivity index is 1.49. The van der Waals surface area contributed by atoms with E-state index in [0.717, 1.165) is 11.6 Å². The SMILES string of the molecule is O=C(Nc1ccc(F)cc1)C1CCN(C(=O)C2CSCN2)CC1. The van der Waals surface area contributed by atoms with Crippen molar-refractivity contribution in [1.29, 1.82) is 0 Å². The first-order chi connectivity index (χ1) is 11.1. The Morgan fingerprint density at radius 2 is 1.91 bits per heavy atom. The standard InChI is InChI=1S/C16H20FN3O2S/c17-12-1-3-13(4-2-12)19-15(21)11-5-7-20(8-6-11)16(22)14-9-23-10-18-14/h1-4,11,14,18H,5-10H2,(H,19,21). The fourth-order valence-electron chi connectivity index (χ4n) is 2.91. The van der Waals surface area contributed by atoms with Crippen LogP contribution in [0.25, 0.3) is 0 Å². The highest BCUT2D eigenvalue weighted by molar-refractivity contribution is 7.99. The van der Waals surface area contributed by atoms with E-state index in [-0.39, 0.29) is 29.6 Å². The lowest BCUT2D eigenvalue weighted by Gasteiger charge is -2.32. The van der Waals surface area contributed by atoms with Crippen LogP contribution in [0.1, 0.15) is 12.8 Å². The number of anilines is 1. The van der Waals surface area contributed by atoms with Crippen molar-refractivity contribution < 1.29 is 14.0 Å². The molecule has 0 aliphatic carbocycles. The summed E-state index contributed by atoms with van der Waals surface area (Å²) in [5.41, 5.74) is 0.599. The van der Waals surface area contributed by atoms with E-state index < -0.39 is 0 Å². The van der Waals surface area contributed by atoms with Gasteiger partial charge in [-0.3, -0.25) is 14.9 Å². The lowest BCUT2D eigenvalue weighted by Crippen LogP contribution is -2.49. The minimum atomic E-state index is -0.325. The maximum absolute atomic E-state index is 12.9. The van der Waals surface area contributed by atoms with Gasteiger partial charge in [0.05, 0.1) is 6.04 Å². The third-order valence-electron chi connectivity index (χ3n) is 4.30. The molecule has 5 nitrogen and oxygen atoms in total. The van der Waals surface area contributed by atoms with Gasteiger partial charge < -0.3 is 10.2 Å². The first-order valence-corrected chi connectivity index (χ1v) is 8.95. The molecule has 124 valence electrons. The Labute approximate surface area is 139 Å². The van der Waals surface area contributed by atoms with Crippen molar-refractivity contribution >= 4 is 29.3 Å². The van der Waals surface area contributed by atoms with Crippen LogP contribution in [0.4, 0.5) is 10.1 Å². The number of hydrogen-bond donors (Lipinski definition) is 2. The smallest absolute Gasteiger partial charge is 0.240 e. The molecule has 1 unspecified atom stereocenters. The molecule has 2 fully saturated rings. The number of carbonyl (C=O) groups is 2. The molecule has 0 radical (unpaired) electrons. The van der Waals surface area contributed by atoms with Gasteiger partial charge in [-0.15, -0.1) is 11.8 Å². The van der Waals surface area contributed by atoms with E-state index in [1.807, 2.05) is 4.90 Å². The van der Waals surface area contributed by atoms with E-state index in [0.29, 0.717) is 31.6 Å². The Hall–Kier alpha value is -1.60. The number of nitrogens with zero attached hydrogens (tertiary/aromatic N) is 1. The molecular formula is C16H20FN3O2S. The van der Waals surface area contributed by atoms with Gasteiger partial charge in [-0.05, 0) is 37.1 Å². The van der Waals surface area contributed by atoms with Crippen molar-refractivity contribution in [3.05, 3.63) is 30.1 Å². The molecule has 2 heterocycles. The molecule has 2 aliphatic rings. The monoisotopic (exact) mass is 337 g/mol. The van der Waals surface area contributed by atoms with Gasteiger partial charge in [-0.25, -0.2) is 4.39 Å². The van der Waals surface area contributed by atoms with E-state index >= 15 is 0 Å². The van der Waals surface area contributed by atoms with Crippen LogP contribution in [0.15, 0.2) is 24.3 Å². The molecule has 3 rings (SSSR count). The fourth-order valence-corrected chi connectivity index (χ4v) is 3.85. The van der Waals surface area contributed by atoms with E-state index in [1.54, 1.807) is 23.9 Å². The molecule has 0 saturated carbocycles. The van der Waals surface area contributed by atoms with Crippen molar-refractivity contribution in [3.63, 3.8) is 0 Å². The summed E-state index contributed by atoms with van der Waals surface area (Å²) in [6.45, 7) is 1.23. The fraction of sp³-hybridized carbons (Fsp3) is 0.500. The number of rotatable bonds is 3. The number of amides is 2. The first-order valence-electron chi connectivity index (χ1n) is 7.80. The van der Waals surface area contributed by atoms with Gasteiger partial charge >= 0.3 is 0 Å². The van der Waals surface area contributed by atoms with Gasteiger partial charge in [0.15, 0.2) is 0 Å². The van der Waals surface area contributed by atoms with Gasteiger partial charge in [-0.1, -0.05) is 0 Å². The van der Waals surface area contributed by atoms with Crippen LogP contribution in [0, 0.1) is 11.7 Å². The van der Waals surface area contributed by atoms with Crippen molar-refractivity contribution in [2.24, 2.45) is 5.92 Å². The normalized spacial score (nSPS) is 22.1. The zero-order chi connectivity index (χ0) is 16.2. The van der Waals surface area contributed by atoms with Crippen LogP contribution in [-0.4, -0.2) is 47.5 Å². The summed E-state index contributed by atoms with van der Waals surface area (Å²) in [7, 11) is 0. The highest BCUT2D eigenvalue weighted by Gasteiger charge is 2.32. The third-order valence-corrected chi connectivity index (χ3v) is 5.24. The summed E-state index contributed by atoms with van der Waals surface area (Å²) in [6, 6.07) is 5.67. The van der Waals surface area contributed by atoms with Crippen molar-refractivity contribution in [3.8, 4) is 0 Å². The van der Waals surface area contributed by atoms with E-state index in [1.165, 1.54) is 12.1 Å². The lowest BCUT2D eigenvalue weighted by molar-refractivity contribution is -0.135. The summed E-state index contributed by atoms with van der Waals surface area (Å²) in [4.78, 5) is 26.4. The molecule has 0 bridgehead atoms. The molecule has 0 aromatic heterocycles. The predicted molar refractivity (Wildman–Crippen MR) is 88.6 cm³/mol. The van der Waals surface area contributed by atoms with Crippen LogP contribution >= 0.6 is 11.8 Å². The molecular weight excluding hydrogens is 317 g/mol. The number of thioether (sulfide) groups is 1. The summed E-state index contributed by atoms with van der Waals surface area (Å²) >= 11 is 1.73. The Bertz CT molecular complexity index is 567. The molecule has 7 heteroatoms. The van der Waals surface area contributed by atoms with Crippen molar-refractivity contribution in [2.75, 3.05) is 30.0 Å². The van der Waals surface area contributed by atoms with Gasteiger partial charge in [0.25, 0.3) is 0 Å². The number of likely N-dealkylation sites (tertiary alicyclic amines) is 1. The Morgan fingerprint density at radius 1 is 1.22 bits per heavy atom. The van der Waals surface area contributed by atoms with Gasteiger partial charge in [0.1, 0.15) is 5.82 Å². The summed E-state index contributed by atoms with van der Waals surface area (Å²) in [6.07, 6.45) is 1.33. The quantitative estimate of drug-likeness (QED) is 0.881. The summed E-state index contributed by atoms with van der Waals surface area (Å²) in [5, 5.41) is 6.00. The lowest BCUT2D eigenvalue weighted by atomic mass is 9.95. The number of halogens is 1. The highest BCUT2D eigenvalue weighted by Crippen LogP contribution is 2.21. The maximum atomic E-state index is 12.9. The molecule has 1 atom stereocenters. The van der Waals surface area contributed by atoms with Gasteiger partial charge in [0, 0.05) is 36.3 Å². The number of piperidine rings is 1. The highest BCUT2D eigenvalue weighted by atomic mass is 32.2. The number of hydrogen-bond acceptors (Lipinski definition) is 4. The minimum Gasteiger partial charge on any atom is -0.341 e. The minimum absolute atomic E-state index is 0.0572. The molecule has 2 saturated heterocycles. The van der Waals surface area contributed by atoms with E-state index in [9.17, 15) is 14.0 Å². The average molecular weight is 337 g/mol. The van der Waals surface area contributed by atoms with Crippen LogP contribution in [0.3, 0.4) is 0 Å². The van der Waals surface area contributed by atoms with Gasteiger partial charge in [0.2, 0.25) is 11.8 Å². The zero-order valence-electron chi connectivity index (χ0n) is 12.8. The van der Waals surface area contributed by atoms with Gasteiger partial charge in [-0.2, -0.15) is 0 Å². The molecule has 23 heavy (non-hydrogen) atoms. The second-order valence-electron chi connectivity index (χ2n) is 5.87. The van der Waals surface area contributed by atoms with E-state index in [2.05, 4.69) is 10.6 Å². The Kier molecular flexibility index (Phi) is 5.17. The third kappa shape index (κ3) is 4.03. The average Bonchev–Trinajstić information content (AvgIpc) is 3.11. The van der Waals surface area contributed by atoms with Crippen LogP contribution < -0.4 is 10.6 Å². The first kappa shape index (κ1) is 16.3. The molecule has 1 aromatic carbocycles. The predicted octanol–water partition coefficient (Wildman–Crippen LogP) is 1.67. The number of carbonyl (C=O) groups excluding carboxylic acids is 2. The molecule has 2 N–H and O–H groups in total. The molecule has 0 spiro atoms. The summed E-state index contributed by atoms with van der Waals surface area (Å²) in [5.74, 6) is 1.31. The second kappa shape index (κ2) is 7.31. The molecule has 2 amide bonds. The van der Waals surface area contributed by atoms with Crippen LogP contribution in [-0.2, 0) is 9.59 Å². The Morgan fingerprint density at radius 3 is 2.52 bits per heavy atom. The number of benzene rings is 1. The largest absolute Gasteiger partial charge is 0.341 e. The summed E-state index contributed by atoms with van der Waals surface area (Å²) < 4.78 is 12.9. The molecule has 2 aliphatic heterocycles. The van der Waals surface area contributed by atoms with Crippen LogP contribution in [0.2, 0.25) is 0 Å². The topological polar surface area (TPSA) is 61.4 Å². The van der Waals surface area contributed by atoms with Crippen LogP contribution in [0.5, 0.6) is 0 Å². The second-order valence-corrected chi connectivity index (χ2v) is 6.90. The molecule has 1 aromatic rings. The van der Waals surface area contributed by atoms with E-state index in [4.69, 9.17) is 0 Å². The van der Waals surface area contributed by atoms with Crippen molar-refractivity contribution in [2.45, 2.75) is 18.9 Å². The number of nitrogens with one attached hydrogen (secondary N) is 2. The van der Waals surface area contributed by atoms with Crippen molar-refractivity contribution in [1.82, 2.24) is 10.2 Å². The maximum Gasteiger partial charge on any atom is 0.240 e. The zero-order valence-corrected chi connectivity index (χ0v) is 13.6.